The summed E-state index contributed by atoms with van der Waals surface area (Å²) in [6.45, 7) is 0.960. The molecule has 1 saturated heterocycles. The number of allylic oxidation sites excluding steroid dienone is 1. The highest BCUT2D eigenvalue weighted by Crippen LogP contribution is 2.30. The molecule has 6 nitrogen and oxygen atoms in total. The lowest BCUT2D eigenvalue weighted by Gasteiger charge is -2.38. The molecule has 6 heteroatoms. The van der Waals surface area contributed by atoms with Crippen LogP contribution in [0, 0.1) is 0 Å². The summed E-state index contributed by atoms with van der Waals surface area (Å²) in [4.78, 5) is 14.1. The first-order chi connectivity index (χ1) is 11.7. The molecular formula is C18H22N4O2. The number of amides is 1. The molecule has 24 heavy (non-hydrogen) atoms. The van der Waals surface area contributed by atoms with Gasteiger partial charge in [0.2, 0.25) is 5.91 Å². The summed E-state index contributed by atoms with van der Waals surface area (Å²) in [5.74, 6) is 0.0642. The molecular weight excluding hydrogens is 304 g/mol. The number of aromatic nitrogens is 3. The summed E-state index contributed by atoms with van der Waals surface area (Å²) < 4.78 is 0. The summed E-state index contributed by atoms with van der Waals surface area (Å²) in [5, 5.41) is 21.0. The van der Waals surface area contributed by atoms with Crippen molar-refractivity contribution in [3.05, 3.63) is 53.9 Å². The topological polar surface area (TPSA) is 82.1 Å². The van der Waals surface area contributed by atoms with Crippen molar-refractivity contribution in [2.75, 3.05) is 13.1 Å². The SMILES string of the molecule is O=C(CC/C=C/c1ccccc1)N1CCCC(O)(c2cn[nH]n2)C1. The van der Waals surface area contributed by atoms with Gasteiger partial charge in [-0.3, -0.25) is 4.79 Å². The number of piperidine rings is 1. The lowest BCUT2D eigenvalue weighted by molar-refractivity contribution is -0.139. The third-order valence-corrected chi connectivity index (χ3v) is 4.35. The van der Waals surface area contributed by atoms with E-state index in [1.54, 1.807) is 4.90 Å². The first-order valence-electron chi connectivity index (χ1n) is 8.25. The van der Waals surface area contributed by atoms with Crippen molar-refractivity contribution in [3.63, 3.8) is 0 Å². The molecule has 1 amide bonds. The Kier molecular flexibility index (Phi) is 5.05. The molecule has 1 aliphatic heterocycles. The Hall–Kier alpha value is -2.47. The number of aliphatic hydroxyl groups is 1. The van der Waals surface area contributed by atoms with Crippen LogP contribution in [0.1, 0.15) is 36.9 Å². The minimum absolute atomic E-state index is 0.0642. The number of H-pyrrole nitrogens is 1. The van der Waals surface area contributed by atoms with E-state index in [1.807, 2.05) is 42.5 Å². The predicted octanol–water partition coefficient (Wildman–Crippen LogP) is 2.11. The fraction of sp³-hybridized carbons (Fsp3) is 0.389. The number of carbonyl (C=O) groups excluding carboxylic acids is 1. The standard InChI is InChI=1S/C18H22N4O2/c23-17(10-5-4-9-15-7-2-1-3-8-15)22-12-6-11-18(24,14-22)16-13-19-21-20-16/h1-4,7-9,13,24H,5-6,10-12,14H2,(H,19,20,21)/b9-4+. The van der Waals surface area contributed by atoms with Gasteiger partial charge in [-0.15, -0.1) is 0 Å². The third kappa shape index (κ3) is 3.89. The number of nitrogens with zero attached hydrogens (tertiary/aromatic N) is 3. The molecule has 0 saturated carbocycles. The summed E-state index contributed by atoms with van der Waals surface area (Å²) in [5.41, 5.74) is 0.535. The van der Waals surface area contributed by atoms with E-state index < -0.39 is 5.60 Å². The number of likely N-dealkylation sites (tertiary alicyclic amines) is 1. The van der Waals surface area contributed by atoms with E-state index in [4.69, 9.17) is 0 Å². The zero-order chi connectivity index (χ0) is 16.8. The number of rotatable bonds is 5. The maximum absolute atomic E-state index is 12.4. The van der Waals surface area contributed by atoms with Crippen LogP contribution < -0.4 is 0 Å². The van der Waals surface area contributed by atoms with E-state index in [0.717, 1.165) is 12.0 Å². The van der Waals surface area contributed by atoms with Crippen LogP contribution in [0.2, 0.25) is 0 Å². The fourth-order valence-electron chi connectivity index (χ4n) is 3.03. The van der Waals surface area contributed by atoms with Gasteiger partial charge >= 0.3 is 0 Å². The summed E-state index contributed by atoms with van der Waals surface area (Å²) in [6.07, 6.45) is 8.05. The van der Waals surface area contributed by atoms with Gasteiger partial charge in [-0.25, -0.2) is 0 Å². The molecule has 1 aromatic carbocycles. The van der Waals surface area contributed by atoms with Crippen LogP contribution in [-0.4, -0.2) is 44.4 Å². The Morgan fingerprint density at radius 2 is 2.21 bits per heavy atom. The first kappa shape index (κ1) is 16.4. The maximum atomic E-state index is 12.4. The van der Waals surface area contributed by atoms with Crippen LogP contribution in [0.25, 0.3) is 6.08 Å². The number of hydrogen-bond acceptors (Lipinski definition) is 4. The van der Waals surface area contributed by atoms with E-state index in [-0.39, 0.29) is 12.5 Å². The number of aromatic amines is 1. The Morgan fingerprint density at radius 3 is 2.96 bits per heavy atom. The minimum atomic E-state index is -1.10. The molecule has 2 aromatic rings. The van der Waals surface area contributed by atoms with E-state index in [0.29, 0.717) is 31.5 Å². The Labute approximate surface area is 141 Å². The highest BCUT2D eigenvalue weighted by atomic mass is 16.3. The number of benzene rings is 1. The largest absolute Gasteiger partial charge is 0.382 e. The summed E-state index contributed by atoms with van der Waals surface area (Å²) >= 11 is 0. The van der Waals surface area contributed by atoms with E-state index in [2.05, 4.69) is 15.4 Å². The zero-order valence-electron chi connectivity index (χ0n) is 13.6. The van der Waals surface area contributed by atoms with Crippen molar-refractivity contribution >= 4 is 12.0 Å². The number of nitrogens with one attached hydrogen (secondary N) is 1. The average molecular weight is 326 g/mol. The fourth-order valence-corrected chi connectivity index (χ4v) is 3.03. The molecule has 0 bridgehead atoms. The van der Waals surface area contributed by atoms with Gasteiger partial charge in [-0.1, -0.05) is 42.5 Å². The first-order valence-corrected chi connectivity index (χ1v) is 8.25. The van der Waals surface area contributed by atoms with Gasteiger partial charge in [0.05, 0.1) is 12.7 Å². The second-order valence-electron chi connectivity index (χ2n) is 6.16. The van der Waals surface area contributed by atoms with Crippen molar-refractivity contribution in [2.24, 2.45) is 0 Å². The van der Waals surface area contributed by atoms with Gasteiger partial charge in [0.1, 0.15) is 11.3 Å². The minimum Gasteiger partial charge on any atom is -0.382 e. The number of hydrogen-bond donors (Lipinski definition) is 2. The molecule has 2 N–H and O–H groups in total. The van der Waals surface area contributed by atoms with Gasteiger partial charge in [0, 0.05) is 13.0 Å². The Morgan fingerprint density at radius 1 is 1.38 bits per heavy atom. The maximum Gasteiger partial charge on any atom is 0.222 e. The van der Waals surface area contributed by atoms with Crippen LogP contribution in [0.5, 0.6) is 0 Å². The molecule has 1 unspecified atom stereocenters. The van der Waals surface area contributed by atoms with Crippen LogP contribution in [0.3, 0.4) is 0 Å². The monoisotopic (exact) mass is 326 g/mol. The summed E-state index contributed by atoms with van der Waals surface area (Å²) in [7, 11) is 0. The second kappa shape index (κ2) is 7.40. The molecule has 126 valence electrons. The molecule has 1 aliphatic rings. The van der Waals surface area contributed by atoms with Crippen LogP contribution in [0.4, 0.5) is 0 Å². The van der Waals surface area contributed by atoms with Crippen molar-refractivity contribution in [3.8, 4) is 0 Å². The van der Waals surface area contributed by atoms with E-state index in [9.17, 15) is 9.90 Å². The molecule has 0 aliphatic carbocycles. The smallest absolute Gasteiger partial charge is 0.222 e. The van der Waals surface area contributed by atoms with Gasteiger partial charge in [0.15, 0.2) is 0 Å². The zero-order valence-corrected chi connectivity index (χ0v) is 13.6. The van der Waals surface area contributed by atoms with Crippen LogP contribution in [0.15, 0.2) is 42.6 Å². The Balaban J connectivity index is 1.52. The molecule has 1 aromatic heterocycles. The van der Waals surface area contributed by atoms with Gasteiger partial charge in [-0.2, -0.15) is 15.4 Å². The lowest BCUT2D eigenvalue weighted by atomic mass is 9.90. The van der Waals surface area contributed by atoms with Crippen molar-refractivity contribution in [1.82, 2.24) is 20.3 Å². The average Bonchev–Trinajstić information content (AvgIpc) is 3.15. The third-order valence-electron chi connectivity index (χ3n) is 4.35. The number of β-amino-alcohol motifs (C(OH)–C–C–N with tert-alkyl or cyclic N) is 1. The van der Waals surface area contributed by atoms with E-state index in [1.165, 1.54) is 6.20 Å². The van der Waals surface area contributed by atoms with Gasteiger partial charge in [-0.05, 0) is 24.8 Å². The highest BCUT2D eigenvalue weighted by Gasteiger charge is 2.38. The van der Waals surface area contributed by atoms with Crippen molar-refractivity contribution in [1.29, 1.82) is 0 Å². The second-order valence-corrected chi connectivity index (χ2v) is 6.16. The summed E-state index contributed by atoms with van der Waals surface area (Å²) in [6, 6.07) is 10.0. The quantitative estimate of drug-likeness (QED) is 0.881. The molecule has 2 heterocycles. The molecule has 3 rings (SSSR count). The Bertz CT molecular complexity index is 684. The predicted molar refractivity (Wildman–Crippen MR) is 90.8 cm³/mol. The normalized spacial score (nSPS) is 21.3. The van der Waals surface area contributed by atoms with Gasteiger partial charge < -0.3 is 10.0 Å². The van der Waals surface area contributed by atoms with Crippen molar-refractivity contribution < 1.29 is 9.90 Å². The molecule has 0 spiro atoms. The van der Waals surface area contributed by atoms with Crippen LogP contribution in [-0.2, 0) is 10.4 Å². The molecule has 1 fully saturated rings. The van der Waals surface area contributed by atoms with E-state index >= 15 is 0 Å². The van der Waals surface area contributed by atoms with Crippen LogP contribution >= 0.6 is 0 Å². The lowest BCUT2D eigenvalue weighted by Crippen LogP contribution is -2.48. The molecule has 1 atom stereocenters. The van der Waals surface area contributed by atoms with Gasteiger partial charge in [0.25, 0.3) is 0 Å². The number of carbonyl (C=O) groups is 1. The molecule has 0 radical (unpaired) electrons. The van der Waals surface area contributed by atoms with Crippen molar-refractivity contribution in [2.45, 2.75) is 31.3 Å². The highest BCUT2D eigenvalue weighted by molar-refractivity contribution is 5.76.